The second-order valence-corrected chi connectivity index (χ2v) is 4.91. The molecule has 108 valence electrons. The van der Waals surface area contributed by atoms with Crippen LogP contribution in [0.25, 0.3) is 5.69 Å². The summed E-state index contributed by atoms with van der Waals surface area (Å²) in [5.74, 6) is -1.53. The maximum atomic E-state index is 13.5. The Bertz CT molecular complexity index is 658. The fourth-order valence-electron chi connectivity index (χ4n) is 1.79. The fraction of sp³-hybridized carbons (Fsp3) is 0.250. The summed E-state index contributed by atoms with van der Waals surface area (Å²) in [7, 11) is 0. The number of anilines is 1. The second kappa shape index (κ2) is 5.35. The van der Waals surface area contributed by atoms with E-state index in [4.69, 9.17) is 5.73 Å². The van der Waals surface area contributed by atoms with E-state index in [-0.39, 0.29) is 11.4 Å². The molecule has 0 amide bonds. The Morgan fingerprint density at radius 2 is 2.00 bits per heavy atom. The molecule has 1 heterocycles. The molecule has 2 rings (SSSR count). The molecule has 0 unspecified atom stereocenters. The van der Waals surface area contributed by atoms with E-state index in [2.05, 4.69) is 25.8 Å². The standard InChI is InChI=1S/C12H11BrF3N3O/c1-5-11(13)6(2)19(18-5)9-4-10(20-12(15)16)7(14)3-8(9)17/h3-4,12H,17H2,1-2H3. The topological polar surface area (TPSA) is 53.1 Å². The molecule has 0 aliphatic carbocycles. The van der Waals surface area contributed by atoms with Gasteiger partial charge < -0.3 is 10.5 Å². The van der Waals surface area contributed by atoms with Crippen LogP contribution in [0.3, 0.4) is 0 Å². The minimum atomic E-state index is -3.12. The van der Waals surface area contributed by atoms with Crippen molar-refractivity contribution in [2.24, 2.45) is 0 Å². The summed E-state index contributed by atoms with van der Waals surface area (Å²) in [6.45, 7) is 0.415. The van der Waals surface area contributed by atoms with Crippen molar-refractivity contribution < 1.29 is 17.9 Å². The zero-order valence-corrected chi connectivity index (χ0v) is 12.2. The Balaban J connectivity index is 2.58. The van der Waals surface area contributed by atoms with Gasteiger partial charge in [0, 0.05) is 12.1 Å². The predicted molar refractivity (Wildman–Crippen MR) is 71.7 cm³/mol. The number of hydrogen-bond donors (Lipinski definition) is 1. The molecule has 20 heavy (non-hydrogen) atoms. The Hall–Kier alpha value is -1.70. The Kier molecular flexibility index (Phi) is 3.94. The number of ether oxygens (including phenoxy) is 1. The smallest absolute Gasteiger partial charge is 0.387 e. The predicted octanol–water partition coefficient (Wildman–Crippen LogP) is 3.57. The highest BCUT2D eigenvalue weighted by molar-refractivity contribution is 9.10. The summed E-state index contributed by atoms with van der Waals surface area (Å²) in [6.07, 6.45) is 0. The van der Waals surface area contributed by atoms with Crippen molar-refractivity contribution >= 4 is 21.6 Å². The molecule has 8 heteroatoms. The summed E-state index contributed by atoms with van der Waals surface area (Å²) < 4.78 is 44.3. The number of aromatic nitrogens is 2. The molecular weight excluding hydrogens is 339 g/mol. The molecule has 0 bridgehead atoms. The van der Waals surface area contributed by atoms with Crippen molar-refractivity contribution in [2.45, 2.75) is 20.5 Å². The third-order valence-electron chi connectivity index (χ3n) is 2.73. The number of rotatable bonds is 3. The van der Waals surface area contributed by atoms with Crippen LogP contribution in [0.4, 0.5) is 18.9 Å². The van der Waals surface area contributed by atoms with E-state index in [0.717, 1.165) is 16.6 Å². The molecule has 0 aliphatic heterocycles. The molecule has 0 radical (unpaired) electrons. The number of alkyl halides is 2. The molecule has 0 saturated heterocycles. The maximum absolute atomic E-state index is 13.5. The van der Waals surface area contributed by atoms with E-state index >= 15 is 0 Å². The van der Waals surface area contributed by atoms with Gasteiger partial charge in [-0.25, -0.2) is 9.07 Å². The molecular formula is C12H11BrF3N3O. The average Bonchev–Trinajstić information content (AvgIpc) is 2.60. The van der Waals surface area contributed by atoms with Crippen LogP contribution in [-0.2, 0) is 0 Å². The van der Waals surface area contributed by atoms with Gasteiger partial charge in [0.2, 0.25) is 0 Å². The molecule has 0 atom stereocenters. The van der Waals surface area contributed by atoms with Crippen molar-refractivity contribution in [3.8, 4) is 11.4 Å². The van der Waals surface area contributed by atoms with Crippen molar-refractivity contribution in [3.63, 3.8) is 0 Å². The Morgan fingerprint density at radius 1 is 1.35 bits per heavy atom. The van der Waals surface area contributed by atoms with E-state index < -0.39 is 18.2 Å². The van der Waals surface area contributed by atoms with E-state index in [0.29, 0.717) is 11.4 Å². The normalized spacial score (nSPS) is 11.2. The number of halogens is 4. The number of nitrogens with zero attached hydrogens (tertiary/aromatic N) is 2. The van der Waals surface area contributed by atoms with Crippen molar-refractivity contribution in [1.29, 1.82) is 0 Å². The number of nitrogen functional groups attached to an aromatic ring is 1. The van der Waals surface area contributed by atoms with Gasteiger partial charge in [-0.2, -0.15) is 13.9 Å². The zero-order chi connectivity index (χ0) is 15.0. The van der Waals surface area contributed by atoms with Crippen LogP contribution >= 0.6 is 15.9 Å². The summed E-state index contributed by atoms with van der Waals surface area (Å²) in [5.41, 5.74) is 7.47. The highest BCUT2D eigenvalue weighted by Gasteiger charge is 2.17. The van der Waals surface area contributed by atoms with Crippen molar-refractivity contribution in [2.75, 3.05) is 5.73 Å². The first-order valence-corrected chi connectivity index (χ1v) is 6.36. The largest absolute Gasteiger partial charge is 0.432 e. The number of nitrogens with two attached hydrogens (primary N) is 1. The second-order valence-electron chi connectivity index (χ2n) is 4.12. The lowest BCUT2D eigenvalue weighted by Gasteiger charge is -2.12. The molecule has 1 aromatic heterocycles. The zero-order valence-electron chi connectivity index (χ0n) is 10.6. The highest BCUT2D eigenvalue weighted by atomic mass is 79.9. The third kappa shape index (κ3) is 2.60. The van der Waals surface area contributed by atoms with Crippen LogP contribution in [0.5, 0.6) is 5.75 Å². The average molecular weight is 350 g/mol. The monoisotopic (exact) mass is 349 g/mol. The summed E-state index contributed by atoms with van der Waals surface area (Å²) >= 11 is 3.35. The summed E-state index contributed by atoms with van der Waals surface area (Å²) in [4.78, 5) is 0. The molecule has 1 aromatic carbocycles. The lowest BCUT2D eigenvalue weighted by molar-refractivity contribution is -0.0521. The fourth-order valence-corrected chi connectivity index (χ4v) is 2.03. The molecule has 0 spiro atoms. The van der Waals surface area contributed by atoms with Gasteiger partial charge in [-0.3, -0.25) is 0 Å². The first kappa shape index (κ1) is 14.7. The SMILES string of the molecule is Cc1nn(-c2cc(OC(F)F)c(F)cc2N)c(C)c1Br. The van der Waals surface area contributed by atoms with Crippen LogP contribution in [0.1, 0.15) is 11.4 Å². The molecule has 0 fully saturated rings. The Morgan fingerprint density at radius 3 is 2.50 bits per heavy atom. The van der Waals surface area contributed by atoms with E-state index in [1.807, 2.05) is 0 Å². The van der Waals surface area contributed by atoms with E-state index in [9.17, 15) is 13.2 Å². The van der Waals surface area contributed by atoms with Gasteiger partial charge in [-0.05, 0) is 29.8 Å². The van der Waals surface area contributed by atoms with Gasteiger partial charge in [0.25, 0.3) is 0 Å². The molecule has 2 aromatic rings. The van der Waals surface area contributed by atoms with Crippen LogP contribution in [0.2, 0.25) is 0 Å². The molecule has 4 nitrogen and oxygen atoms in total. The first-order valence-electron chi connectivity index (χ1n) is 5.57. The summed E-state index contributed by atoms with van der Waals surface area (Å²) in [5, 5.41) is 4.22. The number of benzene rings is 1. The number of hydrogen-bond acceptors (Lipinski definition) is 3. The highest BCUT2D eigenvalue weighted by Crippen LogP contribution is 2.31. The van der Waals surface area contributed by atoms with Crippen LogP contribution < -0.4 is 10.5 Å². The molecule has 0 saturated carbocycles. The quantitative estimate of drug-likeness (QED) is 0.861. The van der Waals surface area contributed by atoms with Gasteiger partial charge >= 0.3 is 6.61 Å². The summed E-state index contributed by atoms with van der Waals surface area (Å²) in [6, 6.07) is 2.03. The van der Waals surface area contributed by atoms with Crippen LogP contribution in [0, 0.1) is 19.7 Å². The van der Waals surface area contributed by atoms with Crippen LogP contribution in [-0.4, -0.2) is 16.4 Å². The van der Waals surface area contributed by atoms with Gasteiger partial charge in [-0.1, -0.05) is 0 Å². The van der Waals surface area contributed by atoms with Gasteiger partial charge in [0.15, 0.2) is 11.6 Å². The third-order valence-corrected chi connectivity index (χ3v) is 3.88. The molecule has 2 N–H and O–H groups in total. The van der Waals surface area contributed by atoms with Crippen molar-refractivity contribution in [3.05, 3.63) is 33.8 Å². The molecule has 0 aliphatic rings. The maximum Gasteiger partial charge on any atom is 0.387 e. The Labute approximate surface area is 121 Å². The van der Waals surface area contributed by atoms with Gasteiger partial charge in [-0.15, -0.1) is 0 Å². The lowest BCUT2D eigenvalue weighted by Crippen LogP contribution is -2.08. The first-order chi connectivity index (χ1) is 9.31. The lowest BCUT2D eigenvalue weighted by atomic mass is 10.2. The van der Waals surface area contributed by atoms with Gasteiger partial charge in [0.1, 0.15) is 0 Å². The minimum absolute atomic E-state index is 0.0715. The van der Waals surface area contributed by atoms with E-state index in [1.165, 1.54) is 4.68 Å². The van der Waals surface area contributed by atoms with E-state index in [1.54, 1.807) is 13.8 Å². The van der Waals surface area contributed by atoms with Crippen LogP contribution in [0.15, 0.2) is 16.6 Å². The number of aryl methyl sites for hydroxylation is 1. The minimum Gasteiger partial charge on any atom is -0.432 e. The van der Waals surface area contributed by atoms with Crippen molar-refractivity contribution in [1.82, 2.24) is 9.78 Å². The van der Waals surface area contributed by atoms with Gasteiger partial charge in [0.05, 0.1) is 27.2 Å².